The van der Waals surface area contributed by atoms with Crippen molar-refractivity contribution in [3.05, 3.63) is 58.7 Å². The summed E-state index contributed by atoms with van der Waals surface area (Å²) in [6.45, 7) is 2.93. The zero-order valence-electron chi connectivity index (χ0n) is 15.0. The van der Waals surface area contributed by atoms with Crippen LogP contribution in [0.15, 0.2) is 42.6 Å². The molecule has 1 saturated carbocycles. The fourth-order valence-electron chi connectivity index (χ4n) is 3.66. The number of halogens is 1. The van der Waals surface area contributed by atoms with Crippen LogP contribution in [0, 0.1) is 0 Å². The molecule has 1 amide bonds. The number of nitrogens with zero attached hydrogens (tertiary/aromatic N) is 1. The molecule has 4 N–H and O–H groups in total. The van der Waals surface area contributed by atoms with Crippen LogP contribution in [0.4, 0.5) is 5.82 Å². The van der Waals surface area contributed by atoms with Gasteiger partial charge in [-0.1, -0.05) is 54.8 Å². The first-order valence-electron chi connectivity index (χ1n) is 9.01. The Hall–Kier alpha value is -2.11. The summed E-state index contributed by atoms with van der Waals surface area (Å²) in [6, 6.07) is 12.3. The van der Waals surface area contributed by atoms with Gasteiger partial charge in [0, 0.05) is 24.3 Å². The molecule has 1 aromatic heterocycles. The van der Waals surface area contributed by atoms with Gasteiger partial charge in [-0.15, -0.1) is 0 Å². The van der Waals surface area contributed by atoms with E-state index in [1.807, 2.05) is 6.07 Å². The third-order valence-corrected chi connectivity index (χ3v) is 5.39. The lowest BCUT2D eigenvalue weighted by molar-refractivity contribution is 0.1000. The van der Waals surface area contributed by atoms with E-state index in [1.165, 1.54) is 24.6 Å². The number of benzene rings is 1. The van der Waals surface area contributed by atoms with Crippen LogP contribution in [0.2, 0.25) is 5.02 Å². The Balaban J connectivity index is 1.70. The van der Waals surface area contributed by atoms with E-state index in [-0.39, 0.29) is 11.6 Å². The van der Waals surface area contributed by atoms with Gasteiger partial charge in [0.15, 0.2) is 0 Å². The van der Waals surface area contributed by atoms with E-state index in [4.69, 9.17) is 17.3 Å². The number of hydrogen-bond donors (Lipinski definition) is 3. The van der Waals surface area contributed by atoms with Gasteiger partial charge in [0.25, 0.3) is 0 Å². The van der Waals surface area contributed by atoms with Crippen LogP contribution in [-0.4, -0.2) is 23.0 Å². The van der Waals surface area contributed by atoms with Crippen molar-refractivity contribution in [3.63, 3.8) is 0 Å². The molecule has 1 aromatic carbocycles. The number of carbonyl (C=O) groups excluding carboxylic acids is 1. The zero-order chi connectivity index (χ0) is 18.6. The van der Waals surface area contributed by atoms with Crippen molar-refractivity contribution >= 4 is 23.3 Å². The summed E-state index contributed by atoms with van der Waals surface area (Å²) in [5.74, 6) is 0.0497. The Bertz CT molecular complexity index is 760. The largest absolute Gasteiger partial charge is 0.367 e. The number of nitrogens with one attached hydrogen (secondary N) is 2. The highest BCUT2D eigenvalue weighted by atomic mass is 35.5. The summed E-state index contributed by atoms with van der Waals surface area (Å²) in [6.07, 6.45) is 6.08. The number of hydrogen-bond acceptors (Lipinski definition) is 4. The van der Waals surface area contributed by atoms with E-state index in [0.29, 0.717) is 16.4 Å². The highest BCUT2D eigenvalue weighted by molar-refractivity contribution is 6.33. The van der Waals surface area contributed by atoms with E-state index in [1.54, 1.807) is 6.07 Å². The molecule has 0 bridgehead atoms. The van der Waals surface area contributed by atoms with Gasteiger partial charge < -0.3 is 16.4 Å². The molecule has 0 saturated heterocycles. The molecule has 1 heterocycles. The Morgan fingerprint density at radius 3 is 2.62 bits per heavy atom. The number of rotatable bonds is 7. The lowest BCUT2D eigenvalue weighted by atomic mass is 9.94. The summed E-state index contributed by atoms with van der Waals surface area (Å²) in [5.41, 5.74) is 6.86. The van der Waals surface area contributed by atoms with Crippen molar-refractivity contribution in [1.29, 1.82) is 0 Å². The summed E-state index contributed by atoms with van der Waals surface area (Å²) in [7, 11) is 0. The van der Waals surface area contributed by atoms with Gasteiger partial charge in [0.1, 0.15) is 5.82 Å². The van der Waals surface area contributed by atoms with Crippen LogP contribution in [0.1, 0.15) is 54.6 Å². The minimum atomic E-state index is -0.531. The number of pyridine rings is 1. The predicted octanol–water partition coefficient (Wildman–Crippen LogP) is 3.91. The Morgan fingerprint density at radius 1 is 1.31 bits per heavy atom. The van der Waals surface area contributed by atoms with Crippen LogP contribution < -0.4 is 16.4 Å². The van der Waals surface area contributed by atoms with Gasteiger partial charge in [-0.05, 0) is 31.4 Å². The number of primary amides is 1. The number of aromatic nitrogens is 1. The second-order valence-electron chi connectivity index (χ2n) is 7.04. The first kappa shape index (κ1) is 18.7. The molecule has 1 fully saturated rings. The molecule has 6 heteroatoms. The maximum atomic E-state index is 11.2. The van der Waals surface area contributed by atoms with Gasteiger partial charge in [-0.25, -0.2) is 4.98 Å². The standard InChI is InChI=1S/C20H25ClN4O/c1-14(15-7-3-2-4-8-15)25-20(9-5-6-10-20)13-24-19-17(21)11-16(12-23-19)18(22)26/h2-4,7-8,11-12,14,25H,5-6,9-10,13H2,1H3,(H2,22,26)(H,23,24). The maximum Gasteiger partial charge on any atom is 0.250 e. The van der Waals surface area contributed by atoms with E-state index in [2.05, 4.69) is 46.8 Å². The molecule has 1 unspecified atom stereocenters. The number of nitrogens with two attached hydrogens (primary N) is 1. The molecule has 1 aliphatic rings. The molecule has 26 heavy (non-hydrogen) atoms. The fraction of sp³-hybridized carbons (Fsp3) is 0.400. The molecule has 3 rings (SSSR count). The molecule has 0 aliphatic heterocycles. The second kappa shape index (κ2) is 8.06. The van der Waals surface area contributed by atoms with Gasteiger partial charge >= 0.3 is 0 Å². The Labute approximate surface area is 159 Å². The van der Waals surface area contributed by atoms with Crippen molar-refractivity contribution in [2.75, 3.05) is 11.9 Å². The molecule has 138 valence electrons. The number of amides is 1. The average Bonchev–Trinajstić information content (AvgIpc) is 3.10. The highest BCUT2D eigenvalue weighted by Gasteiger charge is 2.35. The lowest BCUT2D eigenvalue weighted by Gasteiger charge is -2.34. The molecule has 0 radical (unpaired) electrons. The zero-order valence-corrected chi connectivity index (χ0v) is 15.7. The SMILES string of the molecule is CC(NC1(CNc2ncc(C(N)=O)cc2Cl)CCCC1)c1ccccc1. The van der Waals surface area contributed by atoms with E-state index >= 15 is 0 Å². The van der Waals surface area contributed by atoms with Crippen molar-refractivity contribution in [3.8, 4) is 0 Å². The normalized spacial score (nSPS) is 17.0. The molecular weight excluding hydrogens is 348 g/mol. The second-order valence-corrected chi connectivity index (χ2v) is 7.44. The van der Waals surface area contributed by atoms with Crippen LogP contribution in [0.25, 0.3) is 0 Å². The smallest absolute Gasteiger partial charge is 0.250 e. The Kier molecular flexibility index (Phi) is 5.79. The summed E-state index contributed by atoms with van der Waals surface area (Å²) in [4.78, 5) is 15.5. The summed E-state index contributed by atoms with van der Waals surface area (Å²) >= 11 is 6.25. The minimum absolute atomic E-state index is 0.00260. The van der Waals surface area contributed by atoms with E-state index in [0.717, 1.165) is 19.4 Å². The molecule has 1 aliphatic carbocycles. The molecule has 5 nitrogen and oxygen atoms in total. The van der Waals surface area contributed by atoms with Crippen LogP contribution in [-0.2, 0) is 0 Å². The summed E-state index contributed by atoms with van der Waals surface area (Å²) < 4.78 is 0. The third-order valence-electron chi connectivity index (χ3n) is 5.10. The van der Waals surface area contributed by atoms with Gasteiger partial charge in [-0.2, -0.15) is 0 Å². The first-order valence-corrected chi connectivity index (χ1v) is 9.39. The third kappa shape index (κ3) is 4.34. The molecule has 2 aromatic rings. The summed E-state index contributed by atoms with van der Waals surface area (Å²) in [5, 5.41) is 7.59. The lowest BCUT2D eigenvalue weighted by Crippen LogP contribution is -2.49. The first-order chi connectivity index (χ1) is 12.5. The number of anilines is 1. The highest BCUT2D eigenvalue weighted by Crippen LogP contribution is 2.33. The average molecular weight is 373 g/mol. The van der Waals surface area contributed by atoms with Crippen LogP contribution >= 0.6 is 11.6 Å². The Morgan fingerprint density at radius 2 is 2.00 bits per heavy atom. The van der Waals surface area contributed by atoms with Gasteiger partial charge in [-0.3, -0.25) is 4.79 Å². The van der Waals surface area contributed by atoms with E-state index in [9.17, 15) is 4.79 Å². The van der Waals surface area contributed by atoms with Gasteiger partial charge in [0.05, 0.1) is 10.6 Å². The quantitative estimate of drug-likeness (QED) is 0.688. The van der Waals surface area contributed by atoms with E-state index < -0.39 is 5.91 Å². The number of carbonyl (C=O) groups is 1. The van der Waals surface area contributed by atoms with Crippen LogP contribution in [0.5, 0.6) is 0 Å². The fourth-order valence-corrected chi connectivity index (χ4v) is 3.90. The monoisotopic (exact) mass is 372 g/mol. The maximum absolute atomic E-state index is 11.2. The molecular formula is C20H25ClN4O. The van der Waals surface area contributed by atoms with Crippen molar-refractivity contribution in [2.45, 2.75) is 44.2 Å². The predicted molar refractivity (Wildman–Crippen MR) is 105 cm³/mol. The van der Waals surface area contributed by atoms with Gasteiger partial charge in [0.2, 0.25) is 5.91 Å². The topological polar surface area (TPSA) is 80.0 Å². The molecule has 1 atom stereocenters. The van der Waals surface area contributed by atoms with Crippen molar-refractivity contribution in [2.24, 2.45) is 5.73 Å². The minimum Gasteiger partial charge on any atom is -0.367 e. The van der Waals surface area contributed by atoms with Crippen molar-refractivity contribution < 1.29 is 4.79 Å². The molecule has 0 spiro atoms. The van der Waals surface area contributed by atoms with Crippen LogP contribution in [0.3, 0.4) is 0 Å². The van der Waals surface area contributed by atoms with Crippen molar-refractivity contribution in [1.82, 2.24) is 10.3 Å².